The number of ether oxygens (including phenoxy) is 1. The first-order valence-corrected chi connectivity index (χ1v) is 9.17. The maximum atomic E-state index is 14.0. The Hall–Kier alpha value is -2.94. The van der Waals surface area contributed by atoms with Crippen molar-refractivity contribution in [1.29, 1.82) is 0 Å². The van der Waals surface area contributed by atoms with Crippen molar-refractivity contribution >= 4 is 17.5 Å². The van der Waals surface area contributed by atoms with Gasteiger partial charge >= 0.3 is 0 Å². The van der Waals surface area contributed by atoms with Gasteiger partial charge in [-0.25, -0.2) is 18.2 Å². The van der Waals surface area contributed by atoms with E-state index < -0.39 is 34.7 Å². The Morgan fingerprint density at radius 3 is 2.59 bits per heavy atom. The normalized spacial score (nSPS) is 22.2. The lowest BCUT2D eigenvalue weighted by atomic mass is 9.90. The largest absolute Gasteiger partial charge is 0.361 e. The highest BCUT2D eigenvalue weighted by Gasteiger charge is 2.45. The Kier molecular flexibility index (Phi) is 4.99. The van der Waals surface area contributed by atoms with Crippen molar-refractivity contribution in [2.24, 2.45) is 0 Å². The molecular formula is C20H18F3N3O3. The molecule has 2 fully saturated rings. The number of likely N-dealkylation sites (tertiary alicyclic amines) is 1. The third-order valence-corrected chi connectivity index (χ3v) is 5.22. The molecule has 9 heteroatoms. The number of halogens is 3. The van der Waals surface area contributed by atoms with Crippen LogP contribution < -0.4 is 4.90 Å². The van der Waals surface area contributed by atoms with E-state index in [2.05, 4.69) is 4.98 Å². The molecule has 2 saturated heterocycles. The average molecular weight is 405 g/mol. The maximum Gasteiger partial charge on any atom is 0.275 e. The number of pyridine rings is 1. The predicted molar refractivity (Wildman–Crippen MR) is 96.7 cm³/mol. The third kappa shape index (κ3) is 3.82. The Labute approximate surface area is 164 Å². The highest BCUT2D eigenvalue weighted by molar-refractivity contribution is 5.95. The standard InChI is InChI=1S/C20H18F3N3O3/c21-13-2-4-15(5-3-13)26-12-20(29-10-17(26)27)6-1-7-25(11-20)19(28)18-16(23)8-14(22)9-24-18/h2-5,8-9H,1,6-7,10-12H2. The lowest BCUT2D eigenvalue weighted by molar-refractivity contribution is -0.144. The number of hydrogen-bond acceptors (Lipinski definition) is 4. The van der Waals surface area contributed by atoms with E-state index >= 15 is 0 Å². The molecule has 152 valence electrons. The number of nitrogens with zero attached hydrogens (tertiary/aromatic N) is 3. The number of anilines is 1. The van der Waals surface area contributed by atoms with Crippen LogP contribution in [-0.4, -0.2) is 53.5 Å². The van der Waals surface area contributed by atoms with Crippen molar-refractivity contribution < 1.29 is 27.5 Å². The molecule has 2 aliphatic heterocycles. The van der Waals surface area contributed by atoms with Crippen molar-refractivity contribution in [3.8, 4) is 0 Å². The summed E-state index contributed by atoms with van der Waals surface area (Å²) in [4.78, 5) is 31.6. The second-order valence-electron chi connectivity index (χ2n) is 7.24. The van der Waals surface area contributed by atoms with E-state index in [0.717, 1.165) is 6.20 Å². The van der Waals surface area contributed by atoms with Gasteiger partial charge in [0.1, 0.15) is 23.8 Å². The van der Waals surface area contributed by atoms with Crippen LogP contribution in [0.25, 0.3) is 0 Å². The van der Waals surface area contributed by atoms with Crippen molar-refractivity contribution in [2.75, 3.05) is 31.1 Å². The summed E-state index contributed by atoms with van der Waals surface area (Å²) >= 11 is 0. The topological polar surface area (TPSA) is 62.7 Å². The summed E-state index contributed by atoms with van der Waals surface area (Å²) in [6, 6.07) is 6.17. The van der Waals surface area contributed by atoms with Gasteiger partial charge in [-0.05, 0) is 37.1 Å². The number of piperidine rings is 1. The van der Waals surface area contributed by atoms with E-state index in [0.29, 0.717) is 31.1 Å². The van der Waals surface area contributed by atoms with Crippen LogP contribution >= 0.6 is 0 Å². The molecule has 4 rings (SSSR count). The van der Waals surface area contributed by atoms with Gasteiger partial charge in [-0.15, -0.1) is 0 Å². The molecule has 1 spiro atoms. The van der Waals surface area contributed by atoms with E-state index in [4.69, 9.17) is 4.74 Å². The van der Waals surface area contributed by atoms with E-state index in [1.165, 1.54) is 34.1 Å². The molecule has 1 aromatic carbocycles. The number of aromatic nitrogens is 1. The third-order valence-electron chi connectivity index (χ3n) is 5.22. The minimum absolute atomic E-state index is 0.134. The lowest BCUT2D eigenvalue weighted by Crippen LogP contribution is -2.62. The van der Waals surface area contributed by atoms with Gasteiger partial charge in [-0.2, -0.15) is 0 Å². The van der Waals surface area contributed by atoms with Gasteiger partial charge < -0.3 is 14.5 Å². The highest BCUT2D eigenvalue weighted by atomic mass is 19.1. The number of carbonyl (C=O) groups excluding carboxylic acids is 2. The van der Waals surface area contributed by atoms with Gasteiger partial charge in [0, 0.05) is 18.3 Å². The summed E-state index contributed by atoms with van der Waals surface area (Å²) in [7, 11) is 0. The SMILES string of the molecule is O=C(c1ncc(F)cc1F)N1CCCC2(C1)CN(c1ccc(F)cc1)C(=O)CO2. The van der Waals surface area contributed by atoms with Crippen LogP contribution in [0, 0.1) is 17.5 Å². The molecule has 1 aromatic heterocycles. The predicted octanol–water partition coefficient (Wildman–Crippen LogP) is 2.54. The zero-order valence-corrected chi connectivity index (χ0v) is 15.4. The lowest BCUT2D eigenvalue weighted by Gasteiger charge is -2.47. The molecule has 2 aliphatic rings. The monoisotopic (exact) mass is 405 g/mol. The van der Waals surface area contributed by atoms with Gasteiger partial charge in [-0.3, -0.25) is 9.59 Å². The van der Waals surface area contributed by atoms with Crippen molar-refractivity contribution in [2.45, 2.75) is 18.4 Å². The minimum atomic E-state index is -1.03. The van der Waals surface area contributed by atoms with Gasteiger partial charge in [0.15, 0.2) is 11.5 Å². The van der Waals surface area contributed by atoms with Crippen LogP contribution in [0.3, 0.4) is 0 Å². The molecule has 2 amide bonds. The van der Waals surface area contributed by atoms with E-state index in [1.54, 1.807) is 0 Å². The van der Waals surface area contributed by atoms with E-state index in [1.807, 2.05) is 0 Å². The Balaban J connectivity index is 1.55. The van der Waals surface area contributed by atoms with Crippen molar-refractivity contribution in [3.05, 3.63) is 59.7 Å². The number of hydrogen-bond donors (Lipinski definition) is 0. The first-order valence-electron chi connectivity index (χ1n) is 9.17. The smallest absolute Gasteiger partial charge is 0.275 e. The second kappa shape index (κ2) is 7.47. The fourth-order valence-electron chi connectivity index (χ4n) is 3.81. The Morgan fingerprint density at radius 2 is 1.86 bits per heavy atom. The quantitative estimate of drug-likeness (QED) is 0.771. The maximum absolute atomic E-state index is 14.0. The minimum Gasteiger partial charge on any atom is -0.361 e. The highest BCUT2D eigenvalue weighted by Crippen LogP contribution is 2.32. The number of carbonyl (C=O) groups is 2. The molecule has 0 bridgehead atoms. The molecule has 1 atom stereocenters. The summed E-state index contributed by atoms with van der Waals surface area (Å²) in [6.45, 7) is 0.505. The van der Waals surface area contributed by atoms with Crippen LogP contribution in [0.2, 0.25) is 0 Å². The molecule has 3 heterocycles. The molecule has 6 nitrogen and oxygen atoms in total. The molecule has 0 aliphatic carbocycles. The van der Waals surface area contributed by atoms with Gasteiger partial charge in [0.25, 0.3) is 11.8 Å². The first-order chi connectivity index (χ1) is 13.9. The summed E-state index contributed by atoms with van der Waals surface area (Å²) in [5, 5.41) is 0. The summed E-state index contributed by atoms with van der Waals surface area (Å²) < 4.78 is 46.1. The zero-order valence-electron chi connectivity index (χ0n) is 15.4. The van der Waals surface area contributed by atoms with Crippen LogP contribution in [0.4, 0.5) is 18.9 Å². The van der Waals surface area contributed by atoms with Gasteiger partial charge in [0.2, 0.25) is 0 Å². The molecule has 0 radical (unpaired) electrons. The molecular weight excluding hydrogens is 387 g/mol. The fourth-order valence-corrected chi connectivity index (χ4v) is 3.81. The molecule has 2 aromatic rings. The van der Waals surface area contributed by atoms with E-state index in [9.17, 15) is 22.8 Å². The molecule has 0 saturated carbocycles. The number of morpholine rings is 1. The Morgan fingerprint density at radius 1 is 1.10 bits per heavy atom. The van der Waals surface area contributed by atoms with Crippen LogP contribution in [-0.2, 0) is 9.53 Å². The summed E-state index contributed by atoms with van der Waals surface area (Å²) in [5.41, 5.74) is -0.744. The average Bonchev–Trinajstić information content (AvgIpc) is 2.70. The molecule has 0 N–H and O–H groups in total. The molecule has 1 unspecified atom stereocenters. The number of amides is 2. The summed E-state index contributed by atoms with van der Waals surface area (Å²) in [5.74, 6) is -3.22. The van der Waals surface area contributed by atoms with Crippen LogP contribution in [0.1, 0.15) is 23.3 Å². The molecule has 29 heavy (non-hydrogen) atoms. The van der Waals surface area contributed by atoms with Gasteiger partial charge in [-0.1, -0.05) is 0 Å². The van der Waals surface area contributed by atoms with E-state index in [-0.39, 0.29) is 25.6 Å². The zero-order chi connectivity index (χ0) is 20.6. The second-order valence-corrected chi connectivity index (χ2v) is 7.24. The van der Waals surface area contributed by atoms with Crippen LogP contribution in [0.5, 0.6) is 0 Å². The first kappa shape index (κ1) is 19.4. The number of benzene rings is 1. The van der Waals surface area contributed by atoms with Crippen molar-refractivity contribution in [1.82, 2.24) is 9.88 Å². The number of rotatable bonds is 2. The summed E-state index contributed by atoms with van der Waals surface area (Å²) in [6.07, 6.45) is 1.98. The fraction of sp³-hybridized carbons (Fsp3) is 0.350. The van der Waals surface area contributed by atoms with Gasteiger partial charge in [0.05, 0.1) is 19.3 Å². The van der Waals surface area contributed by atoms with Crippen LogP contribution in [0.15, 0.2) is 36.5 Å². The Bertz CT molecular complexity index is 954. The van der Waals surface area contributed by atoms with Crippen molar-refractivity contribution in [3.63, 3.8) is 0 Å².